The summed E-state index contributed by atoms with van der Waals surface area (Å²) in [6.07, 6.45) is 5.30. The van der Waals surface area contributed by atoms with Gasteiger partial charge in [-0.15, -0.1) is 0 Å². The van der Waals surface area contributed by atoms with Gasteiger partial charge in [0.1, 0.15) is 12.4 Å². The molecule has 0 radical (unpaired) electrons. The van der Waals surface area contributed by atoms with Crippen LogP contribution in [0.5, 0.6) is 0 Å². The van der Waals surface area contributed by atoms with E-state index in [0.717, 1.165) is 23.5 Å². The Bertz CT molecular complexity index is 584. The van der Waals surface area contributed by atoms with Gasteiger partial charge in [-0.2, -0.15) is 8.78 Å². The summed E-state index contributed by atoms with van der Waals surface area (Å²) in [6.45, 7) is 2.78. The topological polar surface area (TPSA) is 58.4 Å². The lowest BCUT2D eigenvalue weighted by atomic mass is 10.3. The lowest BCUT2D eigenvalue weighted by molar-refractivity contribution is -0.139. The van der Waals surface area contributed by atoms with Crippen molar-refractivity contribution < 1.29 is 18.4 Å². The smallest absolute Gasteiger partial charge is 0.319 e. The Labute approximate surface area is 133 Å². The van der Waals surface area contributed by atoms with Crippen molar-refractivity contribution >= 4 is 11.8 Å². The summed E-state index contributed by atoms with van der Waals surface area (Å²) in [5, 5.41) is 0. The van der Waals surface area contributed by atoms with Crippen molar-refractivity contribution in [3.05, 3.63) is 30.9 Å². The van der Waals surface area contributed by atoms with Gasteiger partial charge in [-0.25, -0.2) is 4.98 Å². The second-order valence-electron chi connectivity index (χ2n) is 5.34. The molecule has 23 heavy (non-hydrogen) atoms. The van der Waals surface area contributed by atoms with E-state index in [1.54, 1.807) is 6.92 Å². The quantitative estimate of drug-likeness (QED) is 0.685. The average molecular weight is 326 g/mol. The molecule has 1 saturated carbocycles. The minimum absolute atomic E-state index is 0.0146. The molecular weight excluding hydrogens is 306 g/mol. The predicted molar refractivity (Wildman–Crippen MR) is 79.5 cm³/mol. The van der Waals surface area contributed by atoms with Crippen LogP contribution in [0.1, 0.15) is 32.1 Å². The number of amides is 2. The maximum atomic E-state index is 12.9. The Morgan fingerprint density at radius 1 is 1.52 bits per heavy atom. The first kappa shape index (κ1) is 17.1. The standard InChI is InChI=1S/C15H20F2N4O2/c1-3-13(22)19(4-2)10-14(23)21(11-5-6-11)9-12-18-7-8-20(12)15(16)17/h3,7-8,11,15H,1,4-6,9-10H2,2H3. The number of aromatic nitrogens is 2. The zero-order valence-electron chi connectivity index (χ0n) is 13.0. The minimum atomic E-state index is -2.70. The van der Waals surface area contributed by atoms with Gasteiger partial charge in [0.15, 0.2) is 0 Å². The molecule has 0 N–H and O–H groups in total. The van der Waals surface area contributed by atoms with E-state index < -0.39 is 6.55 Å². The lowest BCUT2D eigenvalue weighted by Gasteiger charge is -2.26. The van der Waals surface area contributed by atoms with Gasteiger partial charge in [0.25, 0.3) is 0 Å². The van der Waals surface area contributed by atoms with Crippen LogP contribution in [0.25, 0.3) is 0 Å². The van der Waals surface area contributed by atoms with Crippen molar-refractivity contribution in [2.45, 2.75) is 38.9 Å². The number of rotatable bonds is 8. The van der Waals surface area contributed by atoms with Gasteiger partial charge in [-0.3, -0.25) is 14.2 Å². The normalized spacial score (nSPS) is 13.9. The minimum Gasteiger partial charge on any atom is -0.331 e. The summed E-state index contributed by atoms with van der Waals surface area (Å²) in [5.41, 5.74) is 0. The van der Waals surface area contributed by atoms with Gasteiger partial charge >= 0.3 is 6.55 Å². The van der Waals surface area contributed by atoms with Crippen molar-refractivity contribution in [1.82, 2.24) is 19.4 Å². The van der Waals surface area contributed by atoms with E-state index in [4.69, 9.17) is 0 Å². The molecule has 0 unspecified atom stereocenters. The number of carbonyl (C=O) groups is 2. The molecule has 0 atom stereocenters. The number of likely N-dealkylation sites (N-methyl/N-ethyl adjacent to an activating group) is 1. The van der Waals surface area contributed by atoms with Gasteiger partial charge in [-0.1, -0.05) is 6.58 Å². The fourth-order valence-electron chi connectivity index (χ4n) is 2.33. The zero-order valence-corrected chi connectivity index (χ0v) is 13.0. The van der Waals surface area contributed by atoms with Crippen LogP contribution >= 0.6 is 0 Å². The molecule has 1 aromatic heterocycles. The second-order valence-corrected chi connectivity index (χ2v) is 5.34. The maximum Gasteiger partial charge on any atom is 0.319 e. The molecule has 126 valence electrons. The Balaban J connectivity index is 2.09. The van der Waals surface area contributed by atoms with E-state index >= 15 is 0 Å². The van der Waals surface area contributed by atoms with Crippen molar-refractivity contribution in [3.8, 4) is 0 Å². The number of carbonyl (C=O) groups excluding carboxylic acids is 2. The Hall–Kier alpha value is -2.25. The number of alkyl halides is 2. The number of imidazole rings is 1. The van der Waals surface area contributed by atoms with Crippen molar-refractivity contribution in [1.29, 1.82) is 0 Å². The molecule has 2 amide bonds. The zero-order chi connectivity index (χ0) is 17.0. The van der Waals surface area contributed by atoms with Crippen LogP contribution in [0.3, 0.4) is 0 Å². The van der Waals surface area contributed by atoms with Crippen molar-refractivity contribution in [2.24, 2.45) is 0 Å². The molecule has 0 spiro atoms. The highest BCUT2D eigenvalue weighted by molar-refractivity contribution is 5.91. The third kappa shape index (κ3) is 4.14. The molecule has 0 saturated heterocycles. The monoisotopic (exact) mass is 326 g/mol. The van der Waals surface area contributed by atoms with Crippen LogP contribution in [0.15, 0.2) is 25.0 Å². The summed E-state index contributed by atoms with van der Waals surface area (Å²) in [5.74, 6) is -0.461. The van der Waals surface area contributed by atoms with E-state index in [1.807, 2.05) is 0 Å². The first-order valence-corrected chi connectivity index (χ1v) is 7.48. The Kier molecular flexibility index (Phi) is 5.46. The summed E-state index contributed by atoms with van der Waals surface area (Å²) in [7, 11) is 0. The Morgan fingerprint density at radius 3 is 2.74 bits per heavy atom. The highest BCUT2D eigenvalue weighted by atomic mass is 19.3. The largest absolute Gasteiger partial charge is 0.331 e. The Morgan fingerprint density at radius 2 is 2.22 bits per heavy atom. The van der Waals surface area contributed by atoms with E-state index in [2.05, 4.69) is 11.6 Å². The average Bonchev–Trinajstić information content (AvgIpc) is 3.26. The molecule has 1 aliphatic rings. The van der Waals surface area contributed by atoms with Gasteiger partial charge in [0.05, 0.1) is 6.54 Å². The maximum absolute atomic E-state index is 12.9. The number of halogens is 2. The van der Waals surface area contributed by atoms with Crippen LogP contribution in [0, 0.1) is 0 Å². The SMILES string of the molecule is C=CC(=O)N(CC)CC(=O)N(Cc1nccn1C(F)F)C1CC1. The van der Waals surface area contributed by atoms with Crippen LogP contribution in [-0.4, -0.2) is 50.3 Å². The molecule has 1 aromatic rings. The van der Waals surface area contributed by atoms with Crippen molar-refractivity contribution in [2.75, 3.05) is 13.1 Å². The van der Waals surface area contributed by atoms with Crippen molar-refractivity contribution in [3.63, 3.8) is 0 Å². The third-order valence-electron chi connectivity index (χ3n) is 3.77. The number of hydrogen-bond donors (Lipinski definition) is 0. The fraction of sp³-hybridized carbons (Fsp3) is 0.533. The molecule has 1 aliphatic carbocycles. The van der Waals surface area contributed by atoms with Crippen LogP contribution in [-0.2, 0) is 16.1 Å². The van der Waals surface area contributed by atoms with Gasteiger partial charge in [0.2, 0.25) is 11.8 Å². The van der Waals surface area contributed by atoms with Crippen LogP contribution < -0.4 is 0 Å². The predicted octanol–water partition coefficient (Wildman–Crippen LogP) is 1.80. The molecular formula is C15H20F2N4O2. The fourth-order valence-corrected chi connectivity index (χ4v) is 2.33. The lowest BCUT2D eigenvalue weighted by Crippen LogP contribution is -2.43. The molecule has 1 fully saturated rings. The third-order valence-corrected chi connectivity index (χ3v) is 3.77. The summed E-state index contributed by atoms with van der Waals surface area (Å²) >= 11 is 0. The number of nitrogens with zero attached hydrogens (tertiary/aromatic N) is 4. The second kappa shape index (κ2) is 7.34. The van der Waals surface area contributed by atoms with E-state index in [1.165, 1.54) is 22.2 Å². The molecule has 0 aromatic carbocycles. The molecule has 0 aliphatic heterocycles. The number of hydrogen-bond acceptors (Lipinski definition) is 3. The summed E-state index contributed by atoms with van der Waals surface area (Å²) in [6, 6.07) is 0.0304. The van der Waals surface area contributed by atoms with E-state index in [9.17, 15) is 18.4 Å². The molecule has 6 nitrogen and oxygen atoms in total. The van der Waals surface area contributed by atoms with E-state index in [0.29, 0.717) is 6.54 Å². The molecule has 8 heteroatoms. The van der Waals surface area contributed by atoms with Gasteiger partial charge in [0, 0.05) is 25.0 Å². The highest BCUT2D eigenvalue weighted by Crippen LogP contribution is 2.29. The van der Waals surface area contributed by atoms with Crippen LogP contribution in [0.4, 0.5) is 8.78 Å². The van der Waals surface area contributed by atoms with Crippen LogP contribution in [0.2, 0.25) is 0 Å². The first-order chi connectivity index (χ1) is 11.0. The molecule has 1 heterocycles. The molecule has 2 rings (SSSR count). The summed E-state index contributed by atoms with van der Waals surface area (Å²) in [4.78, 5) is 31.0. The first-order valence-electron chi connectivity index (χ1n) is 7.48. The highest BCUT2D eigenvalue weighted by Gasteiger charge is 2.34. The molecule has 0 bridgehead atoms. The van der Waals surface area contributed by atoms with E-state index in [-0.39, 0.29) is 36.8 Å². The summed E-state index contributed by atoms with van der Waals surface area (Å²) < 4.78 is 26.5. The van der Waals surface area contributed by atoms with Gasteiger partial charge < -0.3 is 9.80 Å². The van der Waals surface area contributed by atoms with Gasteiger partial charge in [-0.05, 0) is 25.8 Å².